The number of rotatable bonds is 4. The summed E-state index contributed by atoms with van der Waals surface area (Å²) < 4.78 is 33.0. The quantitative estimate of drug-likeness (QED) is 0.812. The van der Waals surface area contributed by atoms with Crippen molar-refractivity contribution in [2.45, 2.75) is 38.6 Å². The third-order valence-corrected chi connectivity index (χ3v) is 2.63. The number of halogens is 2. The van der Waals surface area contributed by atoms with Crippen LogP contribution in [-0.2, 0) is 14.3 Å². The van der Waals surface area contributed by atoms with Gasteiger partial charge in [0.1, 0.15) is 0 Å². The van der Waals surface area contributed by atoms with Gasteiger partial charge in [0.25, 0.3) is 5.91 Å². The zero-order chi connectivity index (χ0) is 13.7. The Morgan fingerprint density at radius 1 is 1.44 bits per heavy atom. The van der Waals surface area contributed by atoms with Crippen LogP contribution in [0.4, 0.5) is 13.6 Å². The van der Waals surface area contributed by atoms with E-state index in [1.165, 1.54) is 11.8 Å². The number of carbonyl (C=O) groups excluding carboxylic acids is 2. The van der Waals surface area contributed by atoms with Gasteiger partial charge < -0.3 is 20.1 Å². The fraction of sp³-hybridized carbons (Fsp3) is 0.800. The van der Waals surface area contributed by atoms with Gasteiger partial charge in [0, 0.05) is 13.1 Å². The van der Waals surface area contributed by atoms with Gasteiger partial charge >= 0.3 is 12.7 Å². The Morgan fingerprint density at radius 3 is 2.67 bits per heavy atom. The lowest BCUT2D eigenvalue weighted by Crippen LogP contribution is -2.48. The van der Waals surface area contributed by atoms with E-state index in [1.807, 2.05) is 0 Å². The van der Waals surface area contributed by atoms with Crippen molar-refractivity contribution in [2.75, 3.05) is 13.1 Å². The van der Waals surface area contributed by atoms with Crippen molar-refractivity contribution in [3.8, 4) is 0 Å². The Balaban J connectivity index is 2.49. The van der Waals surface area contributed by atoms with E-state index in [9.17, 15) is 18.4 Å². The van der Waals surface area contributed by atoms with Crippen molar-refractivity contribution in [2.24, 2.45) is 5.73 Å². The third kappa shape index (κ3) is 4.44. The van der Waals surface area contributed by atoms with Crippen molar-refractivity contribution in [1.82, 2.24) is 4.90 Å². The van der Waals surface area contributed by atoms with Gasteiger partial charge in [-0.15, -0.1) is 0 Å². The molecule has 2 unspecified atom stereocenters. The molecule has 1 rings (SSSR count). The maximum absolute atomic E-state index is 12.1. The summed E-state index contributed by atoms with van der Waals surface area (Å²) in [6, 6.07) is 0. The van der Waals surface area contributed by atoms with Crippen molar-refractivity contribution >= 4 is 12.0 Å². The molecule has 2 N–H and O–H groups in total. The van der Waals surface area contributed by atoms with E-state index in [-0.39, 0.29) is 6.54 Å². The van der Waals surface area contributed by atoms with Crippen molar-refractivity contribution in [1.29, 1.82) is 0 Å². The van der Waals surface area contributed by atoms with Gasteiger partial charge in [0.2, 0.25) is 0 Å². The van der Waals surface area contributed by atoms with Crippen LogP contribution in [0.5, 0.6) is 0 Å². The van der Waals surface area contributed by atoms with Crippen molar-refractivity contribution in [3.05, 3.63) is 0 Å². The second kappa shape index (κ2) is 6.48. The second-order valence-corrected chi connectivity index (χ2v) is 4.02. The van der Waals surface area contributed by atoms with Gasteiger partial charge in [-0.25, -0.2) is 4.79 Å². The van der Waals surface area contributed by atoms with Crippen LogP contribution in [0, 0.1) is 0 Å². The zero-order valence-electron chi connectivity index (χ0n) is 9.97. The minimum absolute atomic E-state index is 0.0651. The highest BCUT2D eigenvalue weighted by Gasteiger charge is 2.29. The van der Waals surface area contributed by atoms with E-state index in [2.05, 4.69) is 9.47 Å². The molecular formula is C10H16F2N2O4. The van der Waals surface area contributed by atoms with Crippen LogP contribution in [0.3, 0.4) is 0 Å². The van der Waals surface area contributed by atoms with E-state index in [0.717, 1.165) is 0 Å². The molecule has 6 nitrogen and oxygen atoms in total. The number of nitrogens with zero attached hydrogens (tertiary/aromatic N) is 1. The zero-order valence-corrected chi connectivity index (χ0v) is 9.97. The van der Waals surface area contributed by atoms with Crippen LogP contribution >= 0.6 is 0 Å². The first kappa shape index (κ1) is 14.6. The highest BCUT2D eigenvalue weighted by atomic mass is 19.3. The molecule has 0 aromatic carbocycles. The van der Waals surface area contributed by atoms with Gasteiger partial charge in [-0.1, -0.05) is 0 Å². The smallest absolute Gasteiger partial charge is 0.405 e. The molecule has 1 heterocycles. The normalized spacial score (nSPS) is 21.8. The molecule has 1 aliphatic rings. The molecule has 1 saturated heterocycles. The first-order valence-corrected chi connectivity index (χ1v) is 5.58. The summed E-state index contributed by atoms with van der Waals surface area (Å²) >= 11 is 0. The maximum Gasteiger partial charge on any atom is 0.405 e. The summed E-state index contributed by atoms with van der Waals surface area (Å²) in [5, 5.41) is 0. The van der Waals surface area contributed by atoms with Crippen LogP contribution in [0.1, 0.15) is 19.8 Å². The van der Waals surface area contributed by atoms with Crippen molar-refractivity contribution < 1.29 is 27.8 Å². The van der Waals surface area contributed by atoms with E-state index >= 15 is 0 Å². The number of nitrogens with two attached hydrogens (primary N) is 1. The lowest BCUT2D eigenvalue weighted by atomic mass is 10.1. The number of ether oxygens (including phenoxy) is 2. The van der Waals surface area contributed by atoms with Gasteiger partial charge in [0.05, 0.1) is 6.10 Å². The summed E-state index contributed by atoms with van der Waals surface area (Å²) in [6.45, 7) is -0.987. The first-order chi connectivity index (χ1) is 8.40. The molecule has 0 bridgehead atoms. The topological polar surface area (TPSA) is 81.9 Å². The summed E-state index contributed by atoms with van der Waals surface area (Å²) in [6.07, 6.45) is -1.73. The fourth-order valence-electron chi connectivity index (χ4n) is 1.88. The molecule has 1 aliphatic heterocycles. The molecule has 0 saturated carbocycles. The molecular weight excluding hydrogens is 250 g/mol. The number of hydrogen-bond donors (Lipinski definition) is 1. The molecule has 2 amide bonds. The molecule has 0 aromatic heterocycles. The van der Waals surface area contributed by atoms with Gasteiger partial charge in [0.15, 0.2) is 6.10 Å². The van der Waals surface area contributed by atoms with Crippen molar-refractivity contribution in [3.63, 3.8) is 0 Å². The molecule has 1 fully saturated rings. The molecule has 0 spiro atoms. The number of primary amides is 1. The SMILES string of the molecule is CC(OC(N)=O)C(=O)N1CCCC(OC(F)F)C1. The predicted octanol–water partition coefficient (Wildman–Crippen LogP) is 0.700. The van der Waals surface area contributed by atoms with E-state index < -0.39 is 30.8 Å². The lowest BCUT2D eigenvalue weighted by Gasteiger charge is -2.33. The Kier molecular flexibility index (Phi) is 5.26. The van der Waals surface area contributed by atoms with Gasteiger partial charge in [-0.05, 0) is 19.8 Å². The average molecular weight is 266 g/mol. The molecule has 0 aromatic rings. The van der Waals surface area contributed by atoms with Gasteiger partial charge in [-0.2, -0.15) is 8.78 Å². The Bertz CT molecular complexity index is 314. The standard InChI is InChI=1S/C10H16F2N2O4/c1-6(17-10(13)16)8(15)14-4-2-3-7(5-14)18-9(11)12/h6-7,9H,2-5H2,1H3,(H2,13,16). The van der Waals surface area contributed by atoms with Gasteiger partial charge in [-0.3, -0.25) is 4.79 Å². The Hall–Kier alpha value is -1.44. The Morgan fingerprint density at radius 2 is 2.11 bits per heavy atom. The average Bonchev–Trinajstić information content (AvgIpc) is 2.26. The second-order valence-electron chi connectivity index (χ2n) is 4.02. The van der Waals surface area contributed by atoms with Crippen LogP contribution in [0.15, 0.2) is 0 Å². The number of alkyl halides is 2. The summed E-state index contributed by atoms with van der Waals surface area (Å²) in [5.41, 5.74) is 4.80. The number of piperidine rings is 1. The molecule has 0 radical (unpaired) electrons. The first-order valence-electron chi connectivity index (χ1n) is 5.58. The summed E-state index contributed by atoms with van der Waals surface area (Å²) in [4.78, 5) is 23.7. The van der Waals surface area contributed by atoms with E-state index in [1.54, 1.807) is 0 Å². The van der Waals surface area contributed by atoms with E-state index in [0.29, 0.717) is 19.4 Å². The summed E-state index contributed by atoms with van der Waals surface area (Å²) in [5.74, 6) is -0.462. The lowest BCUT2D eigenvalue weighted by molar-refractivity contribution is -0.179. The predicted molar refractivity (Wildman–Crippen MR) is 56.8 cm³/mol. The largest absolute Gasteiger partial charge is 0.437 e. The van der Waals surface area contributed by atoms with Crippen LogP contribution in [-0.4, -0.2) is 48.8 Å². The van der Waals surface area contributed by atoms with Crippen LogP contribution < -0.4 is 5.73 Å². The monoisotopic (exact) mass is 266 g/mol. The number of carbonyl (C=O) groups is 2. The highest BCUT2D eigenvalue weighted by molar-refractivity contribution is 5.83. The number of amides is 2. The Labute approximate surface area is 103 Å². The molecule has 0 aliphatic carbocycles. The minimum atomic E-state index is -2.86. The minimum Gasteiger partial charge on any atom is -0.437 e. The number of likely N-dealkylation sites (tertiary alicyclic amines) is 1. The molecule has 2 atom stereocenters. The molecule has 8 heteroatoms. The van der Waals surface area contributed by atoms with Crippen LogP contribution in [0.2, 0.25) is 0 Å². The molecule has 104 valence electrons. The highest BCUT2D eigenvalue weighted by Crippen LogP contribution is 2.17. The van der Waals surface area contributed by atoms with E-state index in [4.69, 9.17) is 5.73 Å². The van der Waals surface area contributed by atoms with Crippen LogP contribution in [0.25, 0.3) is 0 Å². The fourth-order valence-corrected chi connectivity index (χ4v) is 1.88. The maximum atomic E-state index is 12.1. The summed E-state index contributed by atoms with van der Waals surface area (Å²) in [7, 11) is 0. The number of hydrogen-bond acceptors (Lipinski definition) is 4. The molecule has 18 heavy (non-hydrogen) atoms. The third-order valence-electron chi connectivity index (χ3n) is 2.63.